The fraction of sp³-hybridized carbons (Fsp3) is 0.846. The molecule has 2 saturated heterocycles. The minimum absolute atomic E-state index is 0.0707. The summed E-state index contributed by atoms with van der Waals surface area (Å²) in [4.78, 5) is 4.46. The molecule has 5 heteroatoms. The maximum Gasteiger partial charge on any atom is 0.226 e. The molecule has 2 aliphatic heterocycles. The molecule has 1 N–H and O–H groups in total. The second-order valence-electron chi connectivity index (χ2n) is 5.28. The standard InChI is InChI=1S/C13H21N3O2/c1-2-11(17-9-1)13-15-12(18-16-13)4-3-10-5-7-14-8-6-10/h10-11,14H,1-9H2. The van der Waals surface area contributed by atoms with Gasteiger partial charge in [-0.15, -0.1) is 0 Å². The van der Waals surface area contributed by atoms with Crippen LogP contribution in [0.3, 0.4) is 0 Å². The summed E-state index contributed by atoms with van der Waals surface area (Å²) >= 11 is 0. The van der Waals surface area contributed by atoms with Crippen molar-refractivity contribution in [2.24, 2.45) is 5.92 Å². The van der Waals surface area contributed by atoms with Gasteiger partial charge >= 0.3 is 0 Å². The molecule has 0 spiro atoms. The summed E-state index contributed by atoms with van der Waals surface area (Å²) in [5.41, 5.74) is 0. The van der Waals surface area contributed by atoms with Crippen LogP contribution in [0.5, 0.6) is 0 Å². The minimum Gasteiger partial charge on any atom is -0.370 e. The molecule has 0 aromatic carbocycles. The Morgan fingerprint density at radius 2 is 2.11 bits per heavy atom. The molecule has 0 radical (unpaired) electrons. The van der Waals surface area contributed by atoms with E-state index in [1.54, 1.807) is 0 Å². The van der Waals surface area contributed by atoms with E-state index in [0.717, 1.165) is 63.0 Å². The summed E-state index contributed by atoms with van der Waals surface area (Å²) in [6.07, 6.45) is 6.80. The van der Waals surface area contributed by atoms with E-state index in [-0.39, 0.29) is 6.10 Å². The van der Waals surface area contributed by atoms with Crippen LogP contribution < -0.4 is 5.32 Å². The molecule has 100 valence electrons. The van der Waals surface area contributed by atoms with E-state index in [4.69, 9.17) is 9.26 Å². The molecule has 1 unspecified atom stereocenters. The molecule has 0 saturated carbocycles. The molecule has 18 heavy (non-hydrogen) atoms. The molecule has 1 atom stereocenters. The van der Waals surface area contributed by atoms with Gasteiger partial charge in [-0.1, -0.05) is 5.16 Å². The van der Waals surface area contributed by atoms with Crippen LogP contribution in [0, 0.1) is 5.92 Å². The van der Waals surface area contributed by atoms with Crippen LogP contribution in [0.25, 0.3) is 0 Å². The Hall–Kier alpha value is -0.940. The number of ether oxygens (including phenoxy) is 1. The lowest BCUT2D eigenvalue weighted by Crippen LogP contribution is -2.27. The van der Waals surface area contributed by atoms with E-state index in [2.05, 4.69) is 15.5 Å². The second kappa shape index (κ2) is 5.80. The van der Waals surface area contributed by atoms with Crippen LogP contribution in [0.2, 0.25) is 0 Å². The van der Waals surface area contributed by atoms with Gasteiger partial charge in [0.05, 0.1) is 0 Å². The number of aromatic nitrogens is 2. The van der Waals surface area contributed by atoms with Crippen molar-refractivity contribution in [1.29, 1.82) is 0 Å². The zero-order valence-corrected chi connectivity index (χ0v) is 10.7. The molecular weight excluding hydrogens is 230 g/mol. The van der Waals surface area contributed by atoms with Crippen molar-refractivity contribution in [3.8, 4) is 0 Å². The van der Waals surface area contributed by atoms with Crippen molar-refractivity contribution in [2.75, 3.05) is 19.7 Å². The molecule has 2 fully saturated rings. The Balaban J connectivity index is 1.50. The number of nitrogens with one attached hydrogen (secondary N) is 1. The summed E-state index contributed by atoms with van der Waals surface area (Å²) in [6, 6.07) is 0. The summed E-state index contributed by atoms with van der Waals surface area (Å²) in [7, 11) is 0. The first-order valence-electron chi connectivity index (χ1n) is 7.06. The number of nitrogens with zero attached hydrogens (tertiary/aromatic N) is 2. The van der Waals surface area contributed by atoms with Crippen molar-refractivity contribution in [1.82, 2.24) is 15.5 Å². The van der Waals surface area contributed by atoms with Gasteiger partial charge in [0.25, 0.3) is 0 Å². The van der Waals surface area contributed by atoms with Crippen molar-refractivity contribution in [3.05, 3.63) is 11.7 Å². The Bertz CT molecular complexity index is 368. The molecule has 0 aliphatic carbocycles. The van der Waals surface area contributed by atoms with Crippen molar-refractivity contribution >= 4 is 0 Å². The van der Waals surface area contributed by atoms with Crippen molar-refractivity contribution in [2.45, 2.75) is 44.6 Å². The molecule has 3 rings (SSSR count). The Labute approximate surface area is 107 Å². The molecular formula is C13H21N3O2. The van der Waals surface area contributed by atoms with Gasteiger partial charge < -0.3 is 14.6 Å². The Kier molecular flexibility index (Phi) is 3.90. The zero-order chi connectivity index (χ0) is 12.2. The fourth-order valence-electron chi connectivity index (χ4n) is 2.78. The van der Waals surface area contributed by atoms with Crippen LogP contribution in [0.15, 0.2) is 4.52 Å². The predicted molar refractivity (Wildman–Crippen MR) is 66.1 cm³/mol. The predicted octanol–water partition coefficient (Wildman–Crippen LogP) is 1.85. The maximum atomic E-state index is 5.55. The summed E-state index contributed by atoms with van der Waals surface area (Å²) < 4.78 is 10.9. The second-order valence-corrected chi connectivity index (χ2v) is 5.28. The third-order valence-corrected chi connectivity index (χ3v) is 3.93. The van der Waals surface area contributed by atoms with E-state index in [0.29, 0.717) is 0 Å². The SMILES string of the molecule is C1COC(c2noc(CCC3CCNCC3)n2)C1. The first kappa shape index (κ1) is 12.1. The quantitative estimate of drug-likeness (QED) is 0.885. The van der Waals surface area contributed by atoms with Crippen molar-refractivity contribution < 1.29 is 9.26 Å². The third-order valence-electron chi connectivity index (χ3n) is 3.93. The van der Waals surface area contributed by atoms with Crippen LogP contribution in [-0.2, 0) is 11.2 Å². The average molecular weight is 251 g/mol. The van der Waals surface area contributed by atoms with Crippen molar-refractivity contribution in [3.63, 3.8) is 0 Å². The van der Waals surface area contributed by atoms with E-state index < -0.39 is 0 Å². The molecule has 3 heterocycles. The topological polar surface area (TPSA) is 60.2 Å². The van der Waals surface area contributed by atoms with Gasteiger partial charge in [-0.05, 0) is 51.1 Å². The Morgan fingerprint density at radius 3 is 2.89 bits per heavy atom. The summed E-state index contributed by atoms with van der Waals surface area (Å²) in [5.74, 6) is 2.33. The van der Waals surface area contributed by atoms with Gasteiger partial charge in [0.2, 0.25) is 11.7 Å². The number of hydrogen-bond donors (Lipinski definition) is 1. The first-order valence-corrected chi connectivity index (χ1v) is 7.06. The van der Waals surface area contributed by atoms with Crippen LogP contribution in [0.1, 0.15) is 49.9 Å². The summed E-state index contributed by atoms with van der Waals surface area (Å²) in [6.45, 7) is 3.12. The highest BCUT2D eigenvalue weighted by Gasteiger charge is 2.23. The molecule has 5 nitrogen and oxygen atoms in total. The number of aryl methyl sites for hydroxylation is 1. The number of rotatable bonds is 4. The lowest BCUT2D eigenvalue weighted by Gasteiger charge is -2.21. The van der Waals surface area contributed by atoms with E-state index in [1.165, 1.54) is 12.8 Å². The third kappa shape index (κ3) is 2.90. The van der Waals surface area contributed by atoms with E-state index in [9.17, 15) is 0 Å². The first-order chi connectivity index (χ1) is 8.92. The molecule has 1 aromatic rings. The highest BCUT2D eigenvalue weighted by atomic mass is 16.5. The summed E-state index contributed by atoms with van der Waals surface area (Å²) in [5, 5.41) is 7.42. The van der Waals surface area contributed by atoms with E-state index in [1.807, 2.05) is 0 Å². The maximum absolute atomic E-state index is 5.55. The number of piperidine rings is 1. The highest BCUT2D eigenvalue weighted by molar-refractivity contribution is 4.93. The number of hydrogen-bond acceptors (Lipinski definition) is 5. The van der Waals surface area contributed by atoms with Gasteiger partial charge in [-0.2, -0.15) is 4.98 Å². The van der Waals surface area contributed by atoms with Gasteiger partial charge in [-0.25, -0.2) is 0 Å². The zero-order valence-electron chi connectivity index (χ0n) is 10.7. The van der Waals surface area contributed by atoms with Crippen LogP contribution >= 0.6 is 0 Å². The van der Waals surface area contributed by atoms with Gasteiger partial charge in [0.15, 0.2) is 0 Å². The van der Waals surface area contributed by atoms with Gasteiger partial charge in [0, 0.05) is 13.0 Å². The highest BCUT2D eigenvalue weighted by Crippen LogP contribution is 2.26. The molecule has 0 amide bonds. The lowest BCUT2D eigenvalue weighted by atomic mass is 9.93. The monoisotopic (exact) mass is 251 g/mol. The minimum atomic E-state index is 0.0707. The van der Waals surface area contributed by atoms with E-state index >= 15 is 0 Å². The Morgan fingerprint density at radius 1 is 1.22 bits per heavy atom. The molecule has 2 aliphatic rings. The largest absolute Gasteiger partial charge is 0.370 e. The average Bonchev–Trinajstić information content (AvgIpc) is 3.08. The van der Waals surface area contributed by atoms with Crippen LogP contribution in [0.4, 0.5) is 0 Å². The molecule has 0 bridgehead atoms. The smallest absolute Gasteiger partial charge is 0.226 e. The van der Waals surface area contributed by atoms with Gasteiger partial charge in [-0.3, -0.25) is 0 Å². The normalized spacial score (nSPS) is 25.7. The van der Waals surface area contributed by atoms with Crippen LogP contribution in [-0.4, -0.2) is 29.8 Å². The lowest BCUT2D eigenvalue weighted by molar-refractivity contribution is 0.103. The van der Waals surface area contributed by atoms with Gasteiger partial charge in [0.1, 0.15) is 6.10 Å². The fourth-order valence-corrected chi connectivity index (χ4v) is 2.78. The molecule has 1 aromatic heterocycles.